The number of aromatic nitrogens is 2. The van der Waals surface area contributed by atoms with Crippen molar-refractivity contribution >= 4 is 0 Å². The fourth-order valence-corrected chi connectivity index (χ4v) is 1.77. The Labute approximate surface area is 107 Å². The highest BCUT2D eigenvalue weighted by Crippen LogP contribution is 2.23. The molecule has 0 saturated carbocycles. The van der Waals surface area contributed by atoms with Gasteiger partial charge in [0.15, 0.2) is 5.76 Å². The average Bonchev–Trinajstić information content (AvgIpc) is 2.97. The highest BCUT2D eigenvalue weighted by molar-refractivity contribution is 5.56. The van der Waals surface area contributed by atoms with E-state index in [9.17, 15) is 0 Å². The highest BCUT2D eigenvalue weighted by atomic mass is 16.3. The molecular weight excluding hydrogens is 226 g/mol. The van der Waals surface area contributed by atoms with Crippen molar-refractivity contribution in [1.82, 2.24) is 15.5 Å². The summed E-state index contributed by atoms with van der Waals surface area (Å²) in [6.45, 7) is 3.60. The van der Waals surface area contributed by atoms with Crippen LogP contribution in [0.4, 0.5) is 0 Å². The van der Waals surface area contributed by atoms with E-state index in [0.717, 1.165) is 48.7 Å². The Hall–Kier alpha value is -1.99. The van der Waals surface area contributed by atoms with E-state index in [0.29, 0.717) is 0 Å². The number of aromatic amines is 1. The first-order valence-corrected chi connectivity index (χ1v) is 6.04. The second kappa shape index (κ2) is 6.08. The van der Waals surface area contributed by atoms with Gasteiger partial charge >= 0.3 is 0 Å². The van der Waals surface area contributed by atoms with Gasteiger partial charge in [-0.25, -0.2) is 0 Å². The Balaban J connectivity index is 1.94. The van der Waals surface area contributed by atoms with Crippen LogP contribution in [0.1, 0.15) is 24.2 Å². The van der Waals surface area contributed by atoms with Crippen LogP contribution < -0.4 is 5.32 Å². The number of nitrogens with zero attached hydrogens (tertiary/aromatic N) is 1. The third kappa shape index (κ3) is 3.02. The minimum Gasteiger partial charge on any atom is -0.460 e. The monoisotopic (exact) mass is 243 g/mol. The molecule has 0 radical (unpaired) electrons. The minimum absolute atomic E-state index is 0.760. The third-order valence-corrected chi connectivity index (χ3v) is 2.69. The van der Waals surface area contributed by atoms with Crippen molar-refractivity contribution in [3.63, 3.8) is 0 Å². The summed E-state index contributed by atoms with van der Waals surface area (Å²) >= 11 is 0. The first-order chi connectivity index (χ1) is 8.81. The van der Waals surface area contributed by atoms with Gasteiger partial charge in [-0.05, 0) is 32.0 Å². The number of terminal acetylenes is 1. The van der Waals surface area contributed by atoms with Gasteiger partial charge in [-0.1, -0.05) is 0 Å². The van der Waals surface area contributed by atoms with E-state index < -0.39 is 0 Å². The third-order valence-electron chi connectivity index (χ3n) is 2.69. The molecule has 0 aliphatic carbocycles. The Bertz CT molecular complexity index is 533. The van der Waals surface area contributed by atoms with E-state index in [1.165, 1.54) is 0 Å². The van der Waals surface area contributed by atoms with Crippen molar-refractivity contribution in [3.8, 4) is 23.8 Å². The second-order valence-electron chi connectivity index (χ2n) is 4.16. The average molecular weight is 243 g/mol. The maximum Gasteiger partial charge on any atom is 0.152 e. The molecule has 0 unspecified atom stereocenters. The lowest BCUT2D eigenvalue weighted by atomic mass is 10.2. The lowest BCUT2D eigenvalue weighted by molar-refractivity contribution is 0.545. The molecule has 2 aromatic heterocycles. The standard InChI is InChI=1S/C14H17N3O/c1-3-4-5-8-15-9-12-10-16-17-14(12)13-7-6-11(2)18-13/h1,6-7,10,15H,4-5,8-9H2,2H3,(H,16,17). The van der Waals surface area contributed by atoms with Crippen molar-refractivity contribution in [2.75, 3.05) is 6.54 Å². The first kappa shape index (κ1) is 12.5. The SMILES string of the molecule is C#CCCCNCc1cn[nH]c1-c1ccc(C)o1. The quantitative estimate of drug-likeness (QED) is 0.605. The Kier molecular flexibility index (Phi) is 4.21. The molecule has 0 bridgehead atoms. The van der Waals surface area contributed by atoms with Gasteiger partial charge < -0.3 is 9.73 Å². The molecule has 0 fully saturated rings. The van der Waals surface area contributed by atoms with Crippen LogP contribution in [0.3, 0.4) is 0 Å². The lowest BCUT2D eigenvalue weighted by Gasteiger charge is -2.03. The van der Waals surface area contributed by atoms with Gasteiger partial charge in [0.25, 0.3) is 0 Å². The molecule has 2 N–H and O–H groups in total. The van der Waals surface area contributed by atoms with Gasteiger partial charge in [-0.2, -0.15) is 5.10 Å². The zero-order chi connectivity index (χ0) is 12.8. The zero-order valence-corrected chi connectivity index (χ0v) is 10.5. The molecule has 2 heterocycles. The summed E-state index contributed by atoms with van der Waals surface area (Å²) in [4.78, 5) is 0. The number of unbranched alkanes of at least 4 members (excludes halogenated alkanes) is 1. The number of nitrogens with one attached hydrogen (secondary N) is 2. The molecule has 4 nitrogen and oxygen atoms in total. The molecule has 0 aromatic carbocycles. The molecule has 0 aliphatic heterocycles. The van der Waals surface area contributed by atoms with E-state index in [1.54, 1.807) is 0 Å². The predicted molar refractivity (Wildman–Crippen MR) is 70.8 cm³/mol. The smallest absolute Gasteiger partial charge is 0.152 e. The van der Waals surface area contributed by atoms with Gasteiger partial charge in [0.05, 0.1) is 6.20 Å². The molecule has 2 rings (SSSR count). The molecule has 0 spiro atoms. The van der Waals surface area contributed by atoms with Crippen molar-refractivity contribution in [1.29, 1.82) is 0 Å². The van der Waals surface area contributed by atoms with Crippen molar-refractivity contribution < 1.29 is 4.42 Å². The van der Waals surface area contributed by atoms with E-state index >= 15 is 0 Å². The van der Waals surface area contributed by atoms with Crippen LogP contribution in [0.25, 0.3) is 11.5 Å². The zero-order valence-electron chi connectivity index (χ0n) is 10.5. The normalized spacial score (nSPS) is 10.4. The molecule has 2 aromatic rings. The molecular formula is C14H17N3O. The van der Waals surface area contributed by atoms with Crippen molar-refractivity contribution in [3.05, 3.63) is 29.7 Å². The summed E-state index contributed by atoms with van der Waals surface area (Å²) in [5.41, 5.74) is 2.04. The predicted octanol–water partition coefficient (Wildman–Crippen LogP) is 2.48. The number of rotatable bonds is 6. The topological polar surface area (TPSA) is 53.9 Å². The molecule has 0 aliphatic rings. The fraction of sp³-hybridized carbons (Fsp3) is 0.357. The molecule has 0 amide bonds. The van der Waals surface area contributed by atoms with E-state index in [2.05, 4.69) is 21.4 Å². The molecule has 18 heavy (non-hydrogen) atoms. The van der Waals surface area contributed by atoms with E-state index in [4.69, 9.17) is 10.8 Å². The number of hydrogen-bond acceptors (Lipinski definition) is 3. The van der Waals surface area contributed by atoms with Gasteiger partial charge in [0.1, 0.15) is 11.5 Å². The van der Waals surface area contributed by atoms with Crippen LogP contribution in [-0.4, -0.2) is 16.7 Å². The maximum atomic E-state index is 5.59. The number of furan rings is 1. The number of H-pyrrole nitrogens is 1. The second-order valence-corrected chi connectivity index (χ2v) is 4.16. The van der Waals surface area contributed by atoms with Gasteiger partial charge in [0.2, 0.25) is 0 Å². The summed E-state index contributed by atoms with van der Waals surface area (Å²) in [5, 5.41) is 10.4. The summed E-state index contributed by atoms with van der Waals surface area (Å²) in [6, 6.07) is 3.89. The molecule has 4 heteroatoms. The summed E-state index contributed by atoms with van der Waals surface area (Å²) in [7, 11) is 0. The van der Waals surface area contributed by atoms with E-state index in [1.807, 2.05) is 25.3 Å². The number of hydrogen-bond donors (Lipinski definition) is 2. The molecule has 94 valence electrons. The van der Waals surface area contributed by atoms with Crippen LogP contribution >= 0.6 is 0 Å². The van der Waals surface area contributed by atoms with Crippen molar-refractivity contribution in [2.45, 2.75) is 26.3 Å². The Morgan fingerprint density at radius 2 is 2.39 bits per heavy atom. The Morgan fingerprint density at radius 1 is 1.50 bits per heavy atom. The van der Waals surface area contributed by atoms with Gasteiger partial charge in [-0.15, -0.1) is 12.3 Å². The first-order valence-electron chi connectivity index (χ1n) is 6.04. The van der Waals surface area contributed by atoms with Crippen LogP contribution in [0.15, 0.2) is 22.7 Å². The molecule has 0 saturated heterocycles. The van der Waals surface area contributed by atoms with Crippen LogP contribution in [0.5, 0.6) is 0 Å². The lowest BCUT2D eigenvalue weighted by Crippen LogP contribution is -2.14. The van der Waals surface area contributed by atoms with Crippen LogP contribution in [0, 0.1) is 19.3 Å². The highest BCUT2D eigenvalue weighted by Gasteiger charge is 2.10. The minimum atomic E-state index is 0.760. The molecule has 0 atom stereocenters. The van der Waals surface area contributed by atoms with Crippen LogP contribution in [0.2, 0.25) is 0 Å². The maximum absolute atomic E-state index is 5.59. The fourth-order valence-electron chi connectivity index (χ4n) is 1.77. The van der Waals surface area contributed by atoms with Crippen LogP contribution in [-0.2, 0) is 6.54 Å². The van der Waals surface area contributed by atoms with Gasteiger partial charge in [-0.3, -0.25) is 5.10 Å². The summed E-state index contributed by atoms with van der Waals surface area (Å²) < 4.78 is 5.59. The van der Waals surface area contributed by atoms with Gasteiger partial charge in [0, 0.05) is 18.5 Å². The summed E-state index contributed by atoms with van der Waals surface area (Å²) in [5.74, 6) is 4.35. The summed E-state index contributed by atoms with van der Waals surface area (Å²) in [6.07, 6.45) is 8.82. The largest absolute Gasteiger partial charge is 0.460 e. The number of aryl methyl sites for hydroxylation is 1. The Morgan fingerprint density at radius 3 is 3.11 bits per heavy atom. The van der Waals surface area contributed by atoms with Crippen molar-refractivity contribution in [2.24, 2.45) is 0 Å². The van der Waals surface area contributed by atoms with E-state index in [-0.39, 0.29) is 0 Å².